The Hall–Kier alpha value is -0.313. The Bertz CT molecular complexity index is 359. The predicted molar refractivity (Wildman–Crippen MR) is 92.5 cm³/mol. The molecule has 0 fully saturated rings. The fourth-order valence-electron chi connectivity index (χ4n) is 2.64. The number of unbranched alkanes of at least 4 members (excludes halogenated alkanes) is 2. The number of hydrogen-bond donors (Lipinski definition) is 0. The molecule has 1 aromatic rings. The van der Waals surface area contributed by atoms with Gasteiger partial charge in [0.15, 0.2) is 0 Å². The van der Waals surface area contributed by atoms with Gasteiger partial charge in [-0.3, -0.25) is 0 Å². The van der Waals surface area contributed by atoms with E-state index in [4.69, 9.17) is 16.0 Å². The first-order valence-corrected chi connectivity index (χ1v) is 10.8. The van der Waals surface area contributed by atoms with Crippen molar-refractivity contribution in [2.75, 3.05) is 6.61 Å². The molecule has 0 aliphatic heterocycles. The van der Waals surface area contributed by atoms with Gasteiger partial charge in [0.05, 0.1) is 0 Å². The Kier molecular flexibility index (Phi) is 8.51. The van der Waals surface area contributed by atoms with Crippen molar-refractivity contribution in [3.8, 4) is 0 Å². The maximum absolute atomic E-state index is 6.50. The monoisotopic (exact) mass is 312 g/mol. The van der Waals surface area contributed by atoms with Crippen molar-refractivity contribution >= 4 is 25.1 Å². The van der Waals surface area contributed by atoms with E-state index in [1.807, 2.05) is 6.07 Å². The molecule has 1 rings (SSSR count). The summed E-state index contributed by atoms with van der Waals surface area (Å²) >= 11 is 6.22. The van der Waals surface area contributed by atoms with Crippen LogP contribution in [-0.4, -0.2) is 14.9 Å². The summed E-state index contributed by atoms with van der Waals surface area (Å²) in [6.45, 7) is 7.59. The SMILES string of the molecule is CCCC[Si](CCCC)(OCCC)c1cccc(Cl)c1. The lowest BCUT2D eigenvalue weighted by Crippen LogP contribution is -2.51. The Labute approximate surface area is 130 Å². The molecule has 0 unspecified atom stereocenters. The van der Waals surface area contributed by atoms with Gasteiger partial charge in [-0.1, -0.05) is 70.2 Å². The van der Waals surface area contributed by atoms with E-state index in [-0.39, 0.29) is 0 Å². The lowest BCUT2D eigenvalue weighted by molar-refractivity contribution is 0.304. The zero-order valence-corrected chi connectivity index (χ0v) is 15.0. The second kappa shape index (κ2) is 9.59. The molecule has 0 N–H and O–H groups in total. The normalized spacial score (nSPS) is 11.8. The van der Waals surface area contributed by atoms with Gasteiger partial charge < -0.3 is 4.43 Å². The first-order chi connectivity index (χ1) is 9.68. The maximum atomic E-state index is 6.50. The van der Waals surface area contributed by atoms with Crippen LogP contribution in [0.5, 0.6) is 0 Å². The highest BCUT2D eigenvalue weighted by molar-refractivity contribution is 6.86. The second-order valence-electron chi connectivity index (χ2n) is 5.56. The van der Waals surface area contributed by atoms with Crippen LogP contribution in [0.25, 0.3) is 0 Å². The van der Waals surface area contributed by atoms with Gasteiger partial charge >= 0.3 is 0 Å². The molecule has 0 aliphatic carbocycles. The first kappa shape index (κ1) is 17.7. The molecule has 0 bridgehead atoms. The molecule has 0 heterocycles. The molecular weight excluding hydrogens is 284 g/mol. The third kappa shape index (κ3) is 5.23. The minimum atomic E-state index is -1.85. The van der Waals surface area contributed by atoms with E-state index in [0.29, 0.717) is 0 Å². The van der Waals surface area contributed by atoms with Crippen LogP contribution < -0.4 is 5.19 Å². The van der Waals surface area contributed by atoms with Crippen molar-refractivity contribution in [3.63, 3.8) is 0 Å². The van der Waals surface area contributed by atoms with Crippen molar-refractivity contribution in [1.29, 1.82) is 0 Å². The topological polar surface area (TPSA) is 9.23 Å². The lowest BCUT2D eigenvalue weighted by atomic mass is 10.4. The van der Waals surface area contributed by atoms with Gasteiger partial charge in [0.25, 0.3) is 0 Å². The summed E-state index contributed by atoms with van der Waals surface area (Å²) in [6.07, 6.45) is 6.07. The summed E-state index contributed by atoms with van der Waals surface area (Å²) in [6, 6.07) is 10.9. The maximum Gasteiger partial charge on any atom is 0.224 e. The molecule has 20 heavy (non-hydrogen) atoms. The number of halogens is 1. The zero-order valence-electron chi connectivity index (χ0n) is 13.3. The Morgan fingerprint density at radius 2 is 1.65 bits per heavy atom. The molecular formula is C17H29ClOSi. The number of benzene rings is 1. The van der Waals surface area contributed by atoms with Crippen LogP contribution in [0.15, 0.2) is 24.3 Å². The van der Waals surface area contributed by atoms with E-state index in [1.54, 1.807) is 0 Å². The van der Waals surface area contributed by atoms with E-state index in [2.05, 4.69) is 39.0 Å². The van der Waals surface area contributed by atoms with Crippen molar-refractivity contribution in [2.45, 2.75) is 65.0 Å². The summed E-state index contributed by atoms with van der Waals surface area (Å²) in [7, 11) is -1.85. The molecule has 3 heteroatoms. The number of rotatable bonds is 10. The molecule has 0 saturated heterocycles. The van der Waals surface area contributed by atoms with Gasteiger partial charge in [0.1, 0.15) is 0 Å². The van der Waals surface area contributed by atoms with E-state index >= 15 is 0 Å². The van der Waals surface area contributed by atoms with Gasteiger partial charge in [-0.05, 0) is 35.8 Å². The largest absolute Gasteiger partial charge is 0.412 e. The fourth-order valence-corrected chi connectivity index (χ4v) is 7.46. The molecule has 1 nitrogen and oxygen atoms in total. The zero-order chi connectivity index (χ0) is 14.8. The average molecular weight is 313 g/mol. The smallest absolute Gasteiger partial charge is 0.224 e. The second-order valence-corrected chi connectivity index (χ2v) is 9.85. The van der Waals surface area contributed by atoms with Gasteiger partial charge in [-0.15, -0.1) is 0 Å². The Morgan fingerprint density at radius 1 is 1.00 bits per heavy atom. The van der Waals surface area contributed by atoms with Gasteiger partial charge in [-0.25, -0.2) is 0 Å². The van der Waals surface area contributed by atoms with Gasteiger partial charge in [0, 0.05) is 11.6 Å². The molecule has 0 radical (unpaired) electrons. The minimum absolute atomic E-state index is 0.840. The molecule has 0 aliphatic rings. The van der Waals surface area contributed by atoms with Crippen molar-refractivity contribution in [3.05, 3.63) is 29.3 Å². The molecule has 0 spiro atoms. The Morgan fingerprint density at radius 3 is 2.15 bits per heavy atom. The first-order valence-electron chi connectivity index (χ1n) is 8.08. The van der Waals surface area contributed by atoms with E-state index < -0.39 is 8.32 Å². The van der Waals surface area contributed by atoms with Crippen LogP contribution in [0.1, 0.15) is 52.9 Å². The van der Waals surface area contributed by atoms with E-state index in [1.165, 1.54) is 43.0 Å². The van der Waals surface area contributed by atoms with Crippen LogP contribution in [0, 0.1) is 0 Å². The highest BCUT2D eigenvalue weighted by Crippen LogP contribution is 2.25. The summed E-state index contributed by atoms with van der Waals surface area (Å²) in [5.74, 6) is 0. The third-order valence-corrected chi connectivity index (χ3v) is 8.48. The van der Waals surface area contributed by atoms with E-state index in [9.17, 15) is 0 Å². The molecule has 114 valence electrons. The summed E-state index contributed by atoms with van der Waals surface area (Å²) in [5.41, 5.74) is 0. The van der Waals surface area contributed by atoms with Gasteiger partial charge in [0.2, 0.25) is 8.32 Å². The van der Waals surface area contributed by atoms with Crippen molar-refractivity contribution in [2.24, 2.45) is 0 Å². The lowest BCUT2D eigenvalue weighted by Gasteiger charge is -2.32. The predicted octanol–water partition coefficient (Wildman–Crippen LogP) is 5.52. The van der Waals surface area contributed by atoms with Crippen LogP contribution >= 0.6 is 11.6 Å². The average Bonchev–Trinajstić information content (AvgIpc) is 2.47. The summed E-state index contributed by atoms with van der Waals surface area (Å²) < 4.78 is 6.50. The number of hydrogen-bond acceptors (Lipinski definition) is 1. The molecule has 0 aromatic heterocycles. The Balaban J connectivity index is 3.04. The van der Waals surface area contributed by atoms with Crippen LogP contribution in [0.4, 0.5) is 0 Å². The fraction of sp³-hybridized carbons (Fsp3) is 0.647. The molecule has 0 atom stereocenters. The highest BCUT2D eigenvalue weighted by atomic mass is 35.5. The standard InChI is InChI=1S/C17H29ClOSi/c1-4-7-13-20(14-8-5-2,19-12-6-3)17-11-9-10-16(18)15-17/h9-11,15H,4-8,12-14H2,1-3H3. The van der Waals surface area contributed by atoms with Crippen molar-refractivity contribution < 1.29 is 4.43 Å². The molecule has 1 aromatic carbocycles. The van der Waals surface area contributed by atoms with Crippen molar-refractivity contribution in [1.82, 2.24) is 0 Å². The molecule has 0 amide bonds. The van der Waals surface area contributed by atoms with E-state index in [0.717, 1.165) is 18.1 Å². The minimum Gasteiger partial charge on any atom is -0.412 e. The summed E-state index contributed by atoms with van der Waals surface area (Å²) in [4.78, 5) is 0. The third-order valence-electron chi connectivity index (χ3n) is 3.80. The van der Waals surface area contributed by atoms with Gasteiger partial charge in [-0.2, -0.15) is 0 Å². The summed E-state index contributed by atoms with van der Waals surface area (Å²) in [5, 5.41) is 2.23. The molecule has 0 saturated carbocycles. The van der Waals surface area contributed by atoms with Crippen LogP contribution in [0.3, 0.4) is 0 Å². The van der Waals surface area contributed by atoms with Crippen LogP contribution in [-0.2, 0) is 4.43 Å². The highest BCUT2D eigenvalue weighted by Gasteiger charge is 2.35. The van der Waals surface area contributed by atoms with Crippen LogP contribution in [0.2, 0.25) is 17.1 Å². The quantitative estimate of drug-likeness (QED) is 0.517.